The molecule has 1 unspecified atom stereocenters. The molecule has 1 aromatic carbocycles. The van der Waals surface area contributed by atoms with Gasteiger partial charge in [0, 0.05) is 44.1 Å². The number of aromatic nitrogens is 3. The third kappa shape index (κ3) is 4.01. The van der Waals surface area contributed by atoms with Crippen molar-refractivity contribution in [2.45, 2.75) is 25.3 Å². The number of nitrogens with zero attached hydrogens (tertiary/aromatic N) is 5. The highest BCUT2D eigenvalue weighted by Crippen LogP contribution is 2.18. The van der Waals surface area contributed by atoms with Crippen molar-refractivity contribution in [3.8, 4) is 0 Å². The van der Waals surface area contributed by atoms with Gasteiger partial charge in [-0.15, -0.1) is 0 Å². The maximum absolute atomic E-state index is 12.9. The number of piperidine rings is 1. The summed E-state index contributed by atoms with van der Waals surface area (Å²) >= 11 is 0. The zero-order valence-electron chi connectivity index (χ0n) is 15.7. The molecular weight excluding hydrogens is 338 g/mol. The second-order valence-electron chi connectivity index (χ2n) is 7.22. The van der Waals surface area contributed by atoms with Gasteiger partial charge < -0.3 is 9.80 Å². The van der Waals surface area contributed by atoms with Crippen molar-refractivity contribution in [1.29, 1.82) is 0 Å². The van der Waals surface area contributed by atoms with Crippen molar-refractivity contribution in [1.82, 2.24) is 24.4 Å². The molecule has 3 aromatic rings. The summed E-state index contributed by atoms with van der Waals surface area (Å²) < 4.78 is 1.65. The number of likely N-dealkylation sites (N-methyl/N-ethyl adjacent to an activating group) is 1. The average Bonchev–Trinajstić information content (AvgIpc) is 3.16. The first kappa shape index (κ1) is 17.7. The molecule has 1 amide bonds. The molecule has 1 saturated heterocycles. The van der Waals surface area contributed by atoms with Crippen LogP contribution in [-0.4, -0.2) is 63.0 Å². The number of rotatable bonds is 5. The topological polar surface area (TPSA) is 53.7 Å². The zero-order chi connectivity index (χ0) is 18.6. The molecule has 0 bridgehead atoms. The van der Waals surface area contributed by atoms with Crippen LogP contribution in [0.2, 0.25) is 0 Å². The number of benzene rings is 1. The standard InChI is InChI=1S/C21H25N5O/c1-24(14-10-17-7-3-2-4-8-17)18-9-5-12-25(16-18)21(27)19-15-20-22-11-6-13-26(20)23-19/h2-4,6-8,11,13,15,18H,5,9-10,12,14,16H2,1H3. The predicted octanol–water partition coefficient (Wildman–Crippen LogP) is 2.51. The van der Waals surface area contributed by atoms with Crippen LogP contribution < -0.4 is 0 Å². The van der Waals surface area contributed by atoms with Crippen molar-refractivity contribution >= 4 is 11.6 Å². The number of hydrogen-bond acceptors (Lipinski definition) is 4. The molecular formula is C21H25N5O. The summed E-state index contributed by atoms with van der Waals surface area (Å²) in [5.41, 5.74) is 2.53. The van der Waals surface area contributed by atoms with Crippen molar-refractivity contribution in [3.05, 3.63) is 66.1 Å². The molecule has 6 heteroatoms. The van der Waals surface area contributed by atoms with E-state index >= 15 is 0 Å². The molecule has 4 rings (SSSR count). The van der Waals surface area contributed by atoms with E-state index in [0.29, 0.717) is 17.4 Å². The summed E-state index contributed by atoms with van der Waals surface area (Å²) in [6, 6.07) is 14.5. The van der Waals surface area contributed by atoms with Crippen molar-refractivity contribution < 1.29 is 4.79 Å². The van der Waals surface area contributed by atoms with E-state index in [-0.39, 0.29) is 5.91 Å². The molecule has 0 spiro atoms. The highest BCUT2D eigenvalue weighted by molar-refractivity contribution is 5.93. The second kappa shape index (κ2) is 7.88. The monoisotopic (exact) mass is 363 g/mol. The lowest BCUT2D eigenvalue weighted by molar-refractivity contribution is 0.0605. The van der Waals surface area contributed by atoms with Gasteiger partial charge in [0.1, 0.15) is 0 Å². The summed E-state index contributed by atoms with van der Waals surface area (Å²) in [5.74, 6) is 0.00154. The van der Waals surface area contributed by atoms with E-state index in [9.17, 15) is 4.79 Å². The van der Waals surface area contributed by atoms with Crippen LogP contribution in [0.15, 0.2) is 54.9 Å². The molecule has 1 fully saturated rings. The number of fused-ring (bicyclic) bond motifs is 1. The van der Waals surface area contributed by atoms with E-state index in [4.69, 9.17) is 0 Å². The molecule has 0 saturated carbocycles. The van der Waals surface area contributed by atoms with Crippen LogP contribution in [-0.2, 0) is 6.42 Å². The molecule has 27 heavy (non-hydrogen) atoms. The summed E-state index contributed by atoms with van der Waals surface area (Å²) in [6.45, 7) is 2.55. The van der Waals surface area contributed by atoms with E-state index in [1.807, 2.05) is 23.2 Å². The number of amides is 1. The van der Waals surface area contributed by atoms with Gasteiger partial charge in [0.25, 0.3) is 5.91 Å². The van der Waals surface area contributed by atoms with Crippen molar-refractivity contribution in [2.24, 2.45) is 0 Å². The van der Waals surface area contributed by atoms with Crippen LogP contribution in [0.5, 0.6) is 0 Å². The molecule has 1 aliphatic heterocycles. The smallest absolute Gasteiger partial charge is 0.274 e. The van der Waals surface area contributed by atoms with E-state index < -0.39 is 0 Å². The van der Waals surface area contributed by atoms with Gasteiger partial charge in [0.15, 0.2) is 11.3 Å². The molecule has 0 N–H and O–H groups in total. The lowest BCUT2D eigenvalue weighted by atomic mass is 10.0. The van der Waals surface area contributed by atoms with E-state index in [1.165, 1.54) is 5.56 Å². The Morgan fingerprint density at radius 3 is 2.93 bits per heavy atom. The molecule has 1 atom stereocenters. The normalized spacial score (nSPS) is 17.6. The van der Waals surface area contributed by atoms with Crippen LogP contribution in [0.3, 0.4) is 0 Å². The van der Waals surface area contributed by atoms with Crippen molar-refractivity contribution in [2.75, 3.05) is 26.7 Å². The van der Waals surface area contributed by atoms with Gasteiger partial charge in [-0.25, -0.2) is 9.50 Å². The Balaban J connectivity index is 1.38. The quantitative estimate of drug-likeness (QED) is 0.699. The Morgan fingerprint density at radius 2 is 2.11 bits per heavy atom. The number of likely N-dealkylation sites (tertiary alicyclic amines) is 1. The fourth-order valence-electron chi connectivity index (χ4n) is 3.73. The molecule has 0 radical (unpaired) electrons. The second-order valence-corrected chi connectivity index (χ2v) is 7.22. The first-order valence-electron chi connectivity index (χ1n) is 9.54. The molecule has 1 aliphatic rings. The van der Waals surface area contributed by atoms with Crippen LogP contribution in [0.25, 0.3) is 5.65 Å². The summed E-state index contributed by atoms with van der Waals surface area (Å²) in [4.78, 5) is 21.5. The molecule has 140 valence electrons. The fraction of sp³-hybridized carbons (Fsp3) is 0.381. The van der Waals surface area contributed by atoms with E-state index in [0.717, 1.165) is 38.9 Å². The van der Waals surface area contributed by atoms with Gasteiger partial charge in [-0.2, -0.15) is 5.10 Å². The summed E-state index contributed by atoms with van der Waals surface area (Å²) in [7, 11) is 2.16. The lowest BCUT2D eigenvalue weighted by Crippen LogP contribution is -2.49. The van der Waals surface area contributed by atoms with Crippen molar-refractivity contribution in [3.63, 3.8) is 0 Å². The van der Waals surface area contributed by atoms with Crippen LogP contribution in [0.1, 0.15) is 28.9 Å². The van der Waals surface area contributed by atoms with Gasteiger partial charge in [0.2, 0.25) is 0 Å². The third-order valence-corrected chi connectivity index (χ3v) is 5.36. The maximum atomic E-state index is 12.9. The molecule has 6 nitrogen and oxygen atoms in total. The van der Waals surface area contributed by atoms with Crippen LogP contribution in [0.4, 0.5) is 0 Å². The molecule has 0 aliphatic carbocycles. The average molecular weight is 363 g/mol. The number of carbonyl (C=O) groups is 1. The lowest BCUT2D eigenvalue weighted by Gasteiger charge is -2.37. The summed E-state index contributed by atoms with van der Waals surface area (Å²) in [5, 5.41) is 4.38. The van der Waals surface area contributed by atoms with Gasteiger partial charge in [0.05, 0.1) is 0 Å². The van der Waals surface area contributed by atoms with Crippen LogP contribution >= 0.6 is 0 Å². The Kier molecular flexibility index (Phi) is 5.16. The highest BCUT2D eigenvalue weighted by Gasteiger charge is 2.28. The first-order chi connectivity index (χ1) is 13.2. The summed E-state index contributed by atoms with van der Waals surface area (Å²) in [6.07, 6.45) is 6.71. The zero-order valence-corrected chi connectivity index (χ0v) is 15.7. The Bertz CT molecular complexity index is 874. The minimum Gasteiger partial charge on any atom is -0.336 e. The van der Waals surface area contributed by atoms with E-state index in [1.54, 1.807) is 16.8 Å². The van der Waals surface area contributed by atoms with E-state index in [2.05, 4.69) is 46.3 Å². The number of hydrogen-bond donors (Lipinski definition) is 0. The van der Waals surface area contributed by atoms with Crippen LogP contribution in [0, 0.1) is 0 Å². The molecule has 2 aromatic heterocycles. The Morgan fingerprint density at radius 1 is 1.26 bits per heavy atom. The van der Waals surface area contributed by atoms with Gasteiger partial charge in [-0.05, 0) is 37.9 Å². The minimum absolute atomic E-state index is 0.00154. The molecule has 3 heterocycles. The SMILES string of the molecule is CN(CCc1ccccc1)C1CCCN(C(=O)c2cc3ncccn3n2)C1. The fourth-order valence-corrected chi connectivity index (χ4v) is 3.73. The Labute approximate surface area is 159 Å². The first-order valence-corrected chi connectivity index (χ1v) is 9.54. The Hall–Kier alpha value is -2.73. The number of carbonyl (C=O) groups excluding carboxylic acids is 1. The predicted molar refractivity (Wildman–Crippen MR) is 105 cm³/mol. The minimum atomic E-state index is 0.00154. The maximum Gasteiger partial charge on any atom is 0.274 e. The van der Waals surface area contributed by atoms with Gasteiger partial charge in [-0.1, -0.05) is 30.3 Å². The largest absolute Gasteiger partial charge is 0.336 e. The van der Waals surface area contributed by atoms with Gasteiger partial charge >= 0.3 is 0 Å². The highest BCUT2D eigenvalue weighted by atomic mass is 16.2. The van der Waals surface area contributed by atoms with Gasteiger partial charge in [-0.3, -0.25) is 4.79 Å². The third-order valence-electron chi connectivity index (χ3n) is 5.36.